The van der Waals surface area contributed by atoms with Gasteiger partial charge in [-0.05, 0) is 31.0 Å². The van der Waals surface area contributed by atoms with Gasteiger partial charge in [0.05, 0.1) is 11.1 Å². The van der Waals surface area contributed by atoms with Gasteiger partial charge < -0.3 is 15.8 Å². The summed E-state index contributed by atoms with van der Waals surface area (Å²) in [4.78, 5) is 11.8. The van der Waals surface area contributed by atoms with Crippen LogP contribution in [-0.2, 0) is 9.53 Å². The van der Waals surface area contributed by atoms with Crippen molar-refractivity contribution in [3.8, 4) is 0 Å². The molecule has 0 aliphatic carbocycles. The monoisotopic (exact) mass is 272 g/mol. The van der Waals surface area contributed by atoms with E-state index < -0.39 is 11.9 Å². The van der Waals surface area contributed by atoms with Gasteiger partial charge in [-0.25, -0.2) is 4.39 Å². The summed E-state index contributed by atoms with van der Waals surface area (Å²) in [5, 5.41) is 2.61. The van der Waals surface area contributed by atoms with Crippen LogP contribution in [0.15, 0.2) is 18.2 Å². The van der Waals surface area contributed by atoms with Crippen LogP contribution in [0, 0.1) is 5.82 Å². The molecular weight excluding hydrogens is 259 g/mol. The molecule has 1 aliphatic heterocycles. The number of nitrogens with two attached hydrogens (primary N) is 1. The predicted molar refractivity (Wildman–Crippen MR) is 67.0 cm³/mol. The summed E-state index contributed by atoms with van der Waals surface area (Å²) < 4.78 is 18.6. The third-order valence-electron chi connectivity index (χ3n) is 2.85. The van der Waals surface area contributed by atoms with E-state index in [1.54, 1.807) is 6.07 Å². The molecule has 0 bridgehead atoms. The highest BCUT2D eigenvalue weighted by molar-refractivity contribution is 6.30. The molecule has 1 heterocycles. The number of rotatable bonds is 3. The molecule has 98 valence electrons. The Balaban J connectivity index is 1.97. The second-order valence-corrected chi connectivity index (χ2v) is 4.59. The number of carbonyl (C=O) groups excluding carboxylic acids is 1. The van der Waals surface area contributed by atoms with Crippen molar-refractivity contribution in [3.05, 3.63) is 29.0 Å². The molecule has 3 N–H and O–H groups in total. The molecule has 0 spiro atoms. The molecule has 0 unspecified atom stereocenters. The van der Waals surface area contributed by atoms with E-state index in [0.29, 0.717) is 18.7 Å². The van der Waals surface area contributed by atoms with Gasteiger partial charge in [0.25, 0.3) is 5.91 Å². The Labute approximate surface area is 109 Å². The highest BCUT2D eigenvalue weighted by Crippen LogP contribution is 2.22. The van der Waals surface area contributed by atoms with Crippen LogP contribution in [0.1, 0.15) is 12.8 Å². The largest absolute Gasteiger partial charge is 0.364 e. The fourth-order valence-electron chi connectivity index (χ4n) is 1.87. The van der Waals surface area contributed by atoms with Gasteiger partial charge in [-0.3, -0.25) is 4.79 Å². The van der Waals surface area contributed by atoms with E-state index in [0.717, 1.165) is 6.42 Å². The first-order chi connectivity index (χ1) is 8.60. The van der Waals surface area contributed by atoms with Crippen LogP contribution < -0.4 is 11.1 Å². The Morgan fingerprint density at radius 3 is 2.94 bits per heavy atom. The lowest BCUT2D eigenvalue weighted by atomic mass is 10.2. The molecule has 6 heteroatoms. The molecule has 2 atom stereocenters. The summed E-state index contributed by atoms with van der Waals surface area (Å²) in [7, 11) is 0. The van der Waals surface area contributed by atoms with Crippen LogP contribution in [0.4, 0.5) is 10.1 Å². The normalized spacial score (nSPS) is 23.1. The van der Waals surface area contributed by atoms with Gasteiger partial charge in [0.1, 0.15) is 11.9 Å². The lowest BCUT2D eigenvalue weighted by Crippen LogP contribution is -2.29. The summed E-state index contributed by atoms with van der Waals surface area (Å²) in [5.41, 5.74) is 5.83. The number of amides is 1. The highest BCUT2D eigenvalue weighted by atomic mass is 35.5. The first-order valence-electron chi connectivity index (χ1n) is 5.71. The summed E-state index contributed by atoms with van der Waals surface area (Å²) in [6.45, 7) is 0.402. The van der Waals surface area contributed by atoms with E-state index in [-0.39, 0.29) is 17.0 Å². The summed E-state index contributed by atoms with van der Waals surface area (Å²) >= 11 is 5.56. The summed E-state index contributed by atoms with van der Waals surface area (Å²) in [6, 6.07) is 4.11. The van der Waals surface area contributed by atoms with Gasteiger partial charge in [-0.1, -0.05) is 11.6 Å². The van der Waals surface area contributed by atoms with Gasteiger partial charge in [0.2, 0.25) is 0 Å². The third-order valence-corrected chi connectivity index (χ3v) is 3.16. The molecule has 0 aromatic heterocycles. The fraction of sp³-hybridized carbons (Fsp3) is 0.417. The minimum absolute atomic E-state index is 0.0216. The van der Waals surface area contributed by atoms with Crippen molar-refractivity contribution in [2.75, 3.05) is 11.9 Å². The van der Waals surface area contributed by atoms with E-state index in [4.69, 9.17) is 22.1 Å². The summed E-state index contributed by atoms with van der Waals surface area (Å²) in [5.74, 6) is -0.852. The predicted octanol–water partition coefficient (Wildman–Crippen LogP) is 1.92. The molecular formula is C12H14ClFN2O2. The van der Waals surface area contributed by atoms with Gasteiger partial charge in [-0.2, -0.15) is 0 Å². The van der Waals surface area contributed by atoms with Crippen LogP contribution in [-0.4, -0.2) is 24.7 Å². The molecule has 1 saturated heterocycles. The molecule has 1 aromatic rings. The molecule has 2 rings (SSSR count). The summed E-state index contributed by atoms with van der Waals surface area (Å²) in [6.07, 6.45) is 0.813. The Bertz CT molecular complexity index is 456. The fourth-order valence-corrected chi connectivity index (χ4v) is 1.99. The molecule has 0 radical (unpaired) electrons. The Morgan fingerprint density at radius 1 is 1.56 bits per heavy atom. The average Bonchev–Trinajstić information content (AvgIpc) is 2.82. The van der Waals surface area contributed by atoms with Crippen LogP contribution >= 0.6 is 11.6 Å². The molecule has 4 nitrogen and oxygen atoms in total. The Kier molecular flexibility index (Phi) is 4.16. The van der Waals surface area contributed by atoms with Crippen LogP contribution in [0.3, 0.4) is 0 Å². The topological polar surface area (TPSA) is 64.4 Å². The van der Waals surface area contributed by atoms with E-state index in [1.165, 1.54) is 12.1 Å². The van der Waals surface area contributed by atoms with E-state index in [2.05, 4.69) is 5.32 Å². The number of halogens is 2. The Hall–Kier alpha value is -1.17. The van der Waals surface area contributed by atoms with Gasteiger partial charge in [0, 0.05) is 12.2 Å². The molecule has 1 aliphatic rings. The number of anilines is 1. The van der Waals surface area contributed by atoms with Gasteiger partial charge >= 0.3 is 0 Å². The van der Waals surface area contributed by atoms with Crippen LogP contribution in [0.25, 0.3) is 0 Å². The lowest BCUT2D eigenvalue weighted by molar-refractivity contribution is -0.126. The van der Waals surface area contributed by atoms with Crippen LogP contribution in [0.2, 0.25) is 5.02 Å². The zero-order valence-corrected chi connectivity index (χ0v) is 10.4. The maximum Gasteiger partial charge on any atom is 0.253 e. The van der Waals surface area contributed by atoms with Crippen molar-refractivity contribution >= 4 is 23.2 Å². The first kappa shape index (κ1) is 13.3. The van der Waals surface area contributed by atoms with Crippen molar-refractivity contribution in [3.63, 3.8) is 0 Å². The first-order valence-corrected chi connectivity index (χ1v) is 6.09. The maximum atomic E-state index is 13.2. The number of carbonyl (C=O) groups is 1. The van der Waals surface area contributed by atoms with Crippen molar-refractivity contribution in [2.45, 2.75) is 25.0 Å². The average molecular weight is 273 g/mol. The molecule has 0 saturated carbocycles. The molecule has 18 heavy (non-hydrogen) atoms. The lowest BCUT2D eigenvalue weighted by Gasteiger charge is -2.12. The molecule has 1 fully saturated rings. The number of ether oxygens (including phenoxy) is 1. The smallest absolute Gasteiger partial charge is 0.253 e. The number of hydrogen-bond acceptors (Lipinski definition) is 3. The minimum atomic E-state index is -0.568. The van der Waals surface area contributed by atoms with Gasteiger partial charge in [-0.15, -0.1) is 0 Å². The van der Waals surface area contributed by atoms with Crippen molar-refractivity contribution in [1.29, 1.82) is 0 Å². The van der Waals surface area contributed by atoms with Gasteiger partial charge in [0.15, 0.2) is 0 Å². The van der Waals surface area contributed by atoms with Crippen molar-refractivity contribution < 1.29 is 13.9 Å². The standard InChI is InChI=1S/C12H14ClFN2O2/c13-9-3-1-7(5-10(9)14)16-12(17)11-4-2-8(6-15)18-11/h1,3,5,8,11H,2,4,6,15H2,(H,16,17)/t8-,11+/m1/s1. The zero-order chi connectivity index (χ0) is 13.1. The second-order valence-electron chi connectivity index (χ2n) is 4.18. The van der Waals surface area contributed by atoms with Crippen LogP contribution in [0.5, 0.6) is 0 Å². The molecule has 1 aromatic carbocycles. The quantitative estimate of drug-likeness (QED) is 0.884. The third kappa shape index (κ3) is 2.98. The van der Waals surface area contributed by atoms with E-state index >= 15 is 0 Å². The number of nitrogens with one attached hydrogen (secondary N) is 1. The van der Waals surface area contributed by atoms with E-state index in [1.807, 2.05) is 0 Å². The number of benzene rings is 1. The van der Waals surface area contributed by atoms with Crippen molar-refractivity contribution in [2.24, 2.45) is 5.73 Å². The highest BCUT2D eigenvalue weighted by Gasteiger charge is 2.29. The second kappa shape index (κ2) is 5.65. The maximum absolute atomic E-state index is 13.2. The van der Waals surface area contributed by atoms with Crippen molar-refractivity contribution in [1.82, 2.24) is 0 Å². The zero-order valence-electron chi connectivity index (χ0n) is 9.66. The molecule has 1 amide bonds. The number of hydrogen-bond donors (Lipinski definition) is 2. The minimum Gasteiger partial charge on any atom is -0.364 e. The van der Waals surface area contributed by atoms with E-state index in [9.17, 15) is 9.18 Å². The SMILES string of the molecule is NC[C@H]1CC[C@@H](C(=O)Nc2ccc(Cl)c(F)c2)O1. The Morgan fingerprint density at radius 2 is 2.33 bits per heavy atom.